The van der Waals surface area contributed by atoms with Crippen molar-refractivity contribution in [2.45, 2.75) is 25.2 Å². The highest BCUT2D eigenvalue weighted by atomic mass is 16.5. The Morgan fingerprint density at radius 1 is 1.18 bits per heavy atom. The van der Waals surface area contributed by atoms with Crippen molar-refractivity contribution in [3.8, 4) is 11.5 Å². The van der Waals surface area contributed by atoms with Crippen LogP contribution in [0.15, 0.2) is 59.1 Å². The van der Waals surface area contributed by atoms with Crippen molar-refractivity contribution in [3.63, 3.8) is 0 Å². The lowest BCUT2D eigenvalue weighted by Gasteiger charge is -2.31. The molecule has 1 amide bonds. The zero-order valence-electron chi connectivity index (χ0n) is 18.8. The monoisotopic (exact) mass is 445 g/mol. The van der Waals surface area contributed by atoms with E-state index in [1.165, 1.54) is 0 Å². The van der Waals surface area contributed by atoms with Crippen LogP contribution in [0.1, 0.15) is 46.5 Å². The molecule has 2 aromatic heterocycles. The van der Waals surface area contributed by atoms with Gasteiger partial charge in [-0.05, 0) is 43.2 Å². The summed E-state index contributed by atoms with van der Waals surface area (Å²) >= 11 is 0. The molecule has 170 valence electrons. The molecule has 1 N–H and O–H groups in total. The van der Waals surface area contributed by atoms with Crippen molar-refractivity contribution in [3.05, 3.63) is 77.6 Å². The zero-order valence-corrected chi connectivity index (χ0v) is 18.8. The highest BCUT2D eigenvalue weighted by molar-refractivity contribution is 5.98. The van der Waals surface area contributed by atoms with Crippen LogP contribution in [0.3, 0.4) is 0 Å². The number of benzene rings is 2. The van der Waals surface area contributed by atoms with Crippen LogP contribution >= 0.6 is 0 Å². The molecule has 7 nitrogen and oxygen atoms in total. The molecule has 1 aliphatic rings. The molecule has 0 unspecified atom stereocenters. The SMILES string of the molecule is COc1ccc2[nH]c(C(=O)N3CCC[C@H](c4ncc(Cc5ccccc5OC)o4)C3)cc2c1. The molecule has 0 radical (unpaired) electrons. The molecule has 4 aromatic rings. The number of H-pyrrole nitrogens is 1. The number of ether oxygens (including phenoxy) is 2. The smallest absolute Gasteiger partial charge is 0.270 e. The molecule has 0 spiro atoms. The molecule has 1 atom stereocenters. The Bertz CT molecular complexity index is 1280. The van der Waals surface area contributed by atoms with E-state index in [-0.39, 0.29) is 11.8 Å². The van der Waals surface area contributed by atoms with Crippen LogP contribution in [-0.4, -0.2) is 48.1 Å². The lowest BCUT2D eigenvalue weighted by Crippen LogP contribution is -2.39. The Morgan fingerprint density at radius 3 is 2.91 bits per heavy atom. The fraction of sp³-hybridized carbons (Fsp3) is 0.308. The summed E-state index contributed by atoms with van der Waals surface area (Å²) in [6, 6.07) is 15.5. The van der Waals surface area contributed by atoms with E-state index in [0.29, 0.717) is 24.6 Å². The number of likely N-dealkylation sites (tertiary alicyclic amines) is 1. The summed E-state index contributed by atoms with van der Waals surface area (Å²) in [4.78, 5) is 22.9. The quantitative estimate of drug-likeness (QED) is 0.462. The molecular weight excluding hydrogens is 418 g/mol. The standard InChI is InChI=1S/C26H27N3O4/c1-31-20-9-10-22-19(13-20)14-23(28-22)26(30)29-11-5-7-18(16-29)25-27-15-21(33-25)12-17-6-3-4-8-24(17)32-2/h3-4,6,8-10,13-15,18,28H,5,7,11-12,16H2,1-2H3/t18-/m0/s1. The molecule has 1 aliphatic heterocycles. The number of methoxy groups -OCH3 is 2. The van der Waals surface area contributed by atoms with E-state index < -0.39 is 0 Å². The summed E-state index contributed by atoms with van der Waals surface area (Å²) < 4.78 is 16.8. The number of rotatable bonds is 6. The molecular formula is C26H27N3O4. The maximum absolute atomic E-state index is 13.2. The van der Waals surface area contributed by atoms with Gasteiger partial charge in [0.2, 0.25) is 0 Å². The van der Waals surface area contributed by atoms with Gasteiger partial charge in [0.05, 0.1) is 26.3 Å². The van der Waals surface area contributed by atoms with Crippen molar-refractivity contribution in [1.29, 1.82) is 0 Å². The largest absolute Gasteiger partial charge is 0.497 e. The van der Waals surface area contributed by atoms with Crippen LogP contribution in [0.25, 0.3) is 10.9 Å². The Kier molecular flexibility index (Phi) is 5.77. The van der Waals surface area contributed by atoms with Crippen molar-refractivity contribution >= 4 is 16.8 Å². The third-order valence-corrected chi connectivity index (χ3v) is 6.24. The van der Waals surface area contributed by atoms with E-state index in [9.17, 15) is 4.79 Å². The fourth-order valence-electron chi connectivity index (χ4n) is 4.52. The summed E-state index contributed by atoms with van der Waals surface area (Å²) in [6.07, 6.45) is 4.26. The van der Waals surface area contributed by atoms with E-state index in [4.69, 9.17) is 13.9 Å². The van der Waals surface area contributed by atoms with Gasteiger partial charge in [0.15, 0.2) is 5.89 Å². The van der Waals surface area contributed by atoms with Crippen LogP contribution in [0.5, 0.6) is 11.5 Å². The highest BCUT2D eigenvalue weighted by Crippen LogP contribution is 2.30. The third-order valence-electron chi connectivity index (χ3n) is 6.24. The van der Waals surface area contributed by atoms with Gasteiger partial charge >= 0.3 is 0 Å². The highest BCUT2D eigenvalue weighted by Gasteiger charge is 2.29. The van der Waals surface area contributed by atoms with Gasteiger partial charge in [-0.15, -0.1) is 0 Å². The number of nitrogens with one attached hydrogen (secondary N) is 1. The van der Waals surface area contributed by atoms with Gasteiger partial charge in [-0.1, -0.05) is 18.2 Å². The van der Waals surface area contributed by atoms with Crippen molar-refractivity contribution in [2.75, 3.05) is 27.3 Å². The molecule has 7 heteroatoms. The predicted molar refractivity (Wildman–Crippen MR) is 125 cm³/mol. The van der Waals surface area contributed by atoms with E-state index in [1.807, 2.05) is 53.4 Å². The maximum atomic E-state index is 13.2. The molecule has 0 bridgehead atoms. The van der Waals surface area contributed by atoms with Crippen molar-refractivity contribution in [1.82, 2.24) is 14.9 Å². The predicted octanol–water partition coefficient (Wildman–Crippen LogP) is 4.78. The number of hydrogen-bond donors (Lipinski definition) is 1. The van der Waals surface area contributed by atoms with Crippen LogP contribution in [0.2, 0.25) is 0 Å². The molecule has 1 saturated heterocycles. The lowest BCUT2D eigenvalue weighted by atomic mass is 9.97. The van der Waals surface area contributed by atoms with Crippen molar-refractivity contribution < 1.29 is 18.7 Å². The third kappa shape index (κ3) is 4.31. The van der Waals surface area contributed by atoms with Crippen LogP contribution in [0.4, 0.5) is 0 Å². The van der Waals surface area contributed by atoms with Crippen LogP contribution in [0, 0.1) is 0 Å². The number of nitrogens with zero attached hydrogens (tertiary/aromatic N) is 2. The zero-order chi connectivity index (χ0) is 22.8. The Morgan fingerprint density at radius 2 is 2.06 bits per heavy atom. The number of fused-ring (bicyclic) bond motifs is 1. The summed E-state index contributed by atoms with van der Waals surface area (Å²) in [5.41, 5.74) is 2.56. The first-order valence-electron chi connectivity index (χ1n) is 11.2. The molecule has 3 heterocycles. The Hall–Kier alpha value is -3.74. The van der Waals surface area contributed by atoms with E-state index in [1.54, 1.807) is 20.4 Å². The lowest BCUT2D eigenvalue weighted by molar-refractivity contribution is 0.0693. The number of hydrogen-bond acceptors (Lipinski definition) is 5. The van der Waals surface area contributed by atoms with Gasteiger partial charge in [0.1, 0.15) is 23.0 Å². The first-order chi connectivity index (χ1) is 16.1. The van der Waals surface area contributed by atoms with Gasteiger partial charge < -0.3 is 23.8 Å². The Balaban J connectivity index is 1.29. The van der Waals surface area contributed by atoms with Gasteiger partial charge in [0, 0.05) is 36.0 Å². The topological polar surface area (TPSA) is 80.6 Å². The maximum Gasteiger partial charge on any atom is 0.270 e. The molecule has 0 aliphatic carbocycles. The summed E-state index contributed by atoms with van der Waals surface area (Å²) in [5.74, 6) is 3.17. The normalized spacial score (nSPS) is 16.2. The van der Waals surface area contributed by atoms with E-state index in [2.05, 4.69) is 9.97 Å². The number of carbonyl (C=O) groups excluding carboxylic acids is 1. The number of carbonyl (C=O) groups is 1. The summed E-state index contributed by atoms with van der Waals surface area (Å²) in [7, 11) is 3.31. The Labute approximate surface area is 192 Å². The second-order valence-electron chi connectivity index (χ2n) is 8.38. The minimum Gasteiger partial charge on any atom is -0.497 e. The number of oxazole rings is 1. The van der Waals surface area contributed by atoms with Gasteiger partial charge in [0.25, 0.3) is 5.91 Å². The van der Waals surface area contributed by atoms with Crippen LogP contribution < -0.4 is 9.47 Å². The number of piperidine rings is 1. The molecule has 2 aromatic carbocycles. The number of para-hydroxylation sites is 1. The van der Waals surface area contributed by atoms with Gasteiger partial charge in [-0.2, -0.15) is 0 Å². The van der Waals surface area contributed by atoms with Gasteiger partial charge in [-0.25, -0.2) is 4.98 Å². The first-order valence-corrected chi connectivity index (χ1v) is 11.2. The van der Waals surface area contributed by atoms with E-state index in [0.717, 1.165) is 53.1 Å². The van der Waals surface area contributed by atoms with E-state index >= 15 is 0 Å². The molecule has 0 saturated carbocycles. The van der Waals surface area contributed by atoms with Crippen molar-refractivity contribution in [2.24, 2.45) is 0 Å². The molecule has 1 fully saturated rings. The number of amides is 1. The summed E-state index contributed by atoms with van der Waals surface area (Å²) in [5, 5.41) is 0.958. The average molecular weight is 446 g/mol. The average Bonchev–Trinajstić information content (AvgIpc) is 3.50. The number of aromatic amines is 1. The second kappa shape index (κ2) is 9.02. The van der Waals surface area contributed by atoms with Crippen LogP contribution in [-0.2, 0) is 6.42 Å². The molecule has 33 heavy (non-hydrogen) atoms. The second-order valence-corrected chi connectivity index (χ2v) is 8.38. The fourth-order valence-corrected chi connectivity index (χ4v) is 4.52. The summed E-state index contributed by atoms with van der Waals surface area (Å²) in [6.45, 7) is 1.31. The molecule has 5 rings (SSSR count). The minimum absolute atomic E-state index is 0.00401. The van der Waals surface area contributed by atoms with Gasteiger partial charge in [-0.3, -0.25) is 4.79 Å². The number of aromatic nitrogens is 2. The first kappa shape index (κ1) is 21.1. The minimum atomic E-state index is -0.00401.